The minimum absolute atomic E-state index is 0.0173. The minimum Gasteiger partial charge on any atom is -0.508 e. The number of hydrogen-bond donors (Lipinski definition) is 3. The number of rotatable bonds is 17. The van der Waals surface area contributed by atoms with Crippen LogP contribution >= 0.6 is 62.3 Å². The SMILES string of the molecule is CC1(C)OB(c2cc([N+](=O)[O-])c3ccnc(Cl)c3c2)OC1(C)C.COCCOc1cc([N+](=O)[O-])c2ccnc(Cl)c2c1.COCCOc1cc([N+](=O)[O-])c2ccnc(NCc3c(C)cc(C)[nH]c3=O)c2c1.O=[N+]([O-])c1cc(Br)cc2c(Cl)nccc12.O=[N+]([O-])c1cc(O)cc2c(Cl)nccc12. The maximum Gasteiger partial charge on any atom is 0.495 e. The van der Waals surface area contributed by atoms with Gasteiger partial charge in [-0.25, -0.2) is 24.9 Å². The van der Waals surface area contributed by atoms with E-state index in [9.17, 15) is 60.5 Å². The molecule has 1 fully saturated rings. The molecule has 12 rings (SSSR count). The van der Waals surface area contributed by atoms with Crippen molar-refractivity contribution in [1.82, 2.24) is 29.9 Å². The van der Waals surface area contributed by atoms with Crippen LogP contribution in [0.2, 0.25) is 20.6 Å². The second kappa shape index (κ2) is 33.3. The monoisotopic (exact) mass is 1520 g/mol. The number of phenolic OH excluding ortho intramolecular Hbond substituents is 1. The number of hydrogen-bond acceptors (Lipinski definition) is 24. The van der Waals surface area contributed by atoms with E-state index in [1.165, 1.54) is 67.4 Å². The van der Waals surface area contributed by atoms with Crippen LogP contribution in [0.1, 0.15) is 44.5 Å². The molecule has 36 heteroatoms. The number of aromatic nitrogens is 6. The van der Waals surface area contributed by atoms with Crippen LogP contribution in [0.3, 0.4) is 0 Å². The summed E-state index contributed by atoms with van der Waals surface area (Å²) in [5.41, 5.74) is 1.19. The van der Waals surface area contributed by atoms with Crippen LogP contribution in [0.5, 0.6) is 17.2 Å². The first-order chi connectivity index (χ1) is 47.8. The summed E-state index contributed by atoms with van der Waals surface area (Å²) >= 11 is 26.9. The number of ether oxygens (including phenoxy) is 4. The average molecular weight is 1530 g/mol. The third-order valence-electron chi connectivity index (χ3n) is 15.6. The third-order valence-corrected chi connectivity index (χ3v) is 17.2. The highest BCUT2D eigenvalue weighted by Crippen LogP contribution is 2.40. The number of nitrogens with one attached hydrogen (secondary N) is 2. The lowest BCUT2D eigenvalue weighted by Gasteiger charge is -2.32. The summed E-state index contributed by atoms with van der Waals surface area (Å²) in [5, 5.41) is 73.4. The lowest BCUT2D eigenvalue weighted by Crippen LogP contribution is -2.41. The number of aromatic amines is 1. The number of aryl methyl sites for hydroxylation is 2. The maximum absolute atomic E-state index is 12.3. The Hall–Kier alpha value is -10.2. The van der Waals surface area contributed by atoms with Crippen molar-refractivity contribution < 1.29 is 58.0 Å². The molecule has 0 atom stereocenters. The number of methoxy groups -OCH3 is 2. The Morgan fingerprint density at radius 2 is 0.891 bits per heavy atom. The molecule has 0 amide bonds. The fourth-order valence-corrected chi connectivity index (χ4v) is 11.3. The van der Waals surface area contributed by atoms with Gasteiger partial charge in [0.1, 0.15) is 56.9 Å². The van der Waals surface area contributed by atoms with Gasteiger partial charge >= 0.3 is 7.12 Å². The highest BCUT2D eigenvalue weighted by molar-refractivity contribution is 9.10. The first-order valence-corrected chi connectivity index (χ1v) is 32.0. The number of H-pyrrole nitrogens is 1. The largest absolute Gasteiger partial charge is 0.508 e. The Labute approximate surface area is 600 Å². The van der Waals surface area contributed by atoms with Gasteiger partial charge in [0.05, 0.1) is 94.2 Å². The standard InChI is InChI=1S/C20H22N4O5.C15H16BClN2O4.C12H11ClN2O4.C9H4BrClN2O2.C9H5ClN2O3/c1-12-8-13(2)23-20(25)17(12)11-22-19-16-9-14(29-7-6-28-3)10-18(24(26)27)15(16)4-5-21-19;1-14(2)15(3,4)23-16(22-14)9-7-11-10(5-6-18-13(11)17)12(8-9)19(20)21;1-18-4-5-19-8-6-10-9(2-3-14-12(10)13)11(7-8)15(16)17;10-5-3-7-6(1-2-12-9(7)11)8(4-5)13(14)15;10-9-7-3-5(13)4-8(12(14)15)6(7)1-2-11-9/h4-5,8-10H,6-7,11H2,1-3H3,(H,21,22)(H,23,25);5-8H,1-4H3;2-3,6-7H,4-5H2,1H3;1-4H;1-4,13H. The molecule has 5 aromatic carbocycles. The minimum atomic E-state index is -0.695. The first kappa shape index (κ1) is 76.6. The summed E-state index contributed by atoms with van der Waals surface area (Å²) in [6, 6.07) is 24.5. The number of fused-ring (bicyclic) bond motifs is 5. The molecule has 11 aromatic rings. The predicted octanol–water partition coefficient (Wildman–Crippen LogP) is 15.1. The van der Waals surface area contributed by atoms with E-state index in [2.05, 4.69) is 51.2 Å². The van der Waals surface area contributed by atoms with Gasteiger partial charge in [0.15, 0.2) is 0 Å². The molecule has 3 N–H and O–H groups in total. The van der Waals surface area contributed by atoms with E-state index in [0.717, 1.165) is 17.3 Å². The summed E-state index contributed by atoms with van der Waals surface area (Å²) in [6.07, 6.45) is 7.21. The number of nitrogens with zero attached hydrogens (tertiary/aromatic N) is 10. The predicted molar refractivity (Wildman–Crippen MR) is 386 cm³/mol. The number of non-ortho nitro benzene ring substituents is 5. The number of aromatic hydroxyl groups is 1. The van der Waals surface area contributed by atoms with E-state index < -0.39 is 42.9 Å². The van der Waals surface area contributed by atoms with Crippen molar-refractivity contribution in [3.05, 3.63) is 231 Å². The van der Waals surface area contributed by atoms with E-state index in [-0.39, 0.29) is 73.5 Å². The zero-order chi connectivity index (χ0) is 73.8. The number of halogens is 5. The van der Waals surface area contributed by atoms with Gasteiger partial charge < -0.3 is 43.7 Å². The molecule has 0 spiro atoms. The summed E-state index contributed by atoms with van der Waals surface area (Å²) in [7, 11) is 2.40. The molecule has 1 aliphatic rings. The molecular weight excluding hydrogens is 1470 g/mol. The van der Waals surface area contributed by atoms with Crippen molar-refractivity contribution in [2.24, 2.45) is 0 Å². The Morgan fingerprint density at radius 3 is 1.33 bits per heavy atom. The fraction of sp³-hybridized carbons (Fsp3) is 0.231. The zero-order valence-corrected chi connectivity index (χ0v) is 59.1. The van der Waals surface area contributed by atoms with E-state index >= 15 is 0 Å². The van der Waals surface area contributed by atoms with Gasteiger partial charge in [-0.2, -0.15) is 0 Å². The Balaban J connectivity index is 0.000000164. The van der Waals surface area contributed by atoms with Crippen LogP contribution in [0.25, 0.3) is 53.9 Å². The molecule has 0 bridgehead atoms. The van der Waals surface area contributed by atoms with Crippen molar-refractivity contribution in [1.29, 1.82) is 0 Å². The maximum atomic E-state index is 12.3. The molecule has 524 valence electrons. The smallest absolute Gasteiger partial charge is 0.495 e. The molecule has 101 heavy (non-hydrogen) atoms. The molecule has 1 aliphatic heterocycles. The molecule has 0 radical (unpaired) electrons. The number of pyridine rings is 6. The van der Waals surface area contributed by atoms with Gasteiger partial charge in [-0.1, -0.05) is 68.4 Å². The Kier molecular flexibility index (Phi) is 25.3. The average Bonchev–Trinajstić information content (AvgIpc) is 1.12. The van der Waals surface area contributed by atoms with Gasteiger partial charge in [0.25, 0.3) is 34.0 Å². The Bertz CT molecular complexity index is 4970. The molecule has 7 heterocycles. The molecule has 0 aliphatic carbocycles. The molecule has 0 unspecified atom stereocenters. The van der Waals surface area contributed by atoms with Gasteiger partial charge in [-0.05, 0) is 113 Å². The van der Waals surface area contributed by atoms with E-state index in [4.69, 9.17) is 74.7 Å². The van der Waals surface area contributed by atoms with Gasteiger partial charge in [-0.3, -0.25) is 55.4 Å². The summed E-state index contributed by atoms with van der Waals surface area (Å²) in [4.78, 5) is 88.1. The van der Waals surface area contributed by atoms with Gasteiger partial charge in [-0.15, -0.1) is 0 Å². The van der Waals surface area contributed by atoms with Crippen molar-refractivity contribution in [2.75, 3.05) is 46.0 Å². The van der Waals surface area contributed by atoms with Crippen molar-refractivity contribution in [3.63, 3.8) is 0 Å². The van der Waals surface area contributed by atoms with E-state index in [1.54, 1.807) is 62.8 Å². The van der Waals surface area contributed by atoms with Crippen LogP contribution < -0.4 is 25.8 Å². The second-order valence-corrected chi connectivity index (χ2v) is 25.1. The molecule has 30 nitrogen and oxygen atoms in total. The van der Waals surface area contributed by atoms with Gasteiger partial charge in [0, 0.05) is 107 Å². The number of benzene rings is 5. The Morgan fingerprint density at radius 1 is 0.515 bits per heavy atom. The van der Waals surface area contributed by atoms with Crippen LogP contribution in [0, 0.1) is 64.4 Å². The number of nitro benzene ring substituents is 5. The van der Waals surface area contributed by atoms with Crippen molar-refractivity contribution in [3.8, 4) is 17.2 Å². The fourth-order valence-electron chi connectivity index (χ4n) is 10.0. The van der Waals surface area contributed by atoms with Crippen LogP contribution in [-0.2, 0) is 25.3 Å². The quantitative estimate of drug-likeness (QED) is 0.0250. The second-order valence-electron chi connectivity index (χ2n) is 22.7. The zero-order valence-electron chi connectivity index (χ0n) is 54.5. The number of anilines is 1. The van der Waals surface area contributed by atoms with Crippen molar-refractivity contribution in [2.45, 2.75) is 59.3 Å². The summed E-state index contributed by atoms with van der Waals surface area (Å²) in [6.45, 7) is 13.0. The first-order valence-electron chi connectivity index (χ1n) is 29.7. The van der Waals surface area contributed by atoms with Crippen LogP contribution in [0.15, 0.2) is 137 Å². The highest BCUT2D eigenvalue weighted by atomic mass is 79.9. The number of phenols is 1. The summed E-state index contributed by atoms with van der Waals surface area (Å²) < 4.78 is 33.3. The summed E-state index contributed by atoms with van der Waals surface area (Å²) in [5.74, 6) is 0.944. The lowest BCUT2D eigenvalue weighted by molar-refractivity contribution is -0.383. The third kappa shape index (κ3) is 18.5. The molecule has 1 saturated heterocycles. The van der Waals surface area contributed by atoms with Gasteiger partial charge in [0.2, 0.25) is 0 Å². The molecule has 6 aromatic heterocycles. The molecule has 0 saturated carbocycles. The van der Waals surface area contributed by atoms with Crippen molar-refractivity contribution >= 4 is 163 Å². The topological polar surface area (TPSA) is 401 Å². The van der Waals surface area contributed by atoms with E-state index in [0.29, 0.717) is 106 Å². The lowest BCUT2D eigenvalue weighted by atomic mass is 9.78. The molecular formula is C65H58BBrCl4N12O18. The normalized spacial score (nSPS) is 12.6. The van der Waals surface area contributed by atoms with Crippen LogP contribution in [0.4, 0.5) is 34.3 Å². The highest BCUT2D eigenvalue weighted by Gasteiger charge is 2.52. The number of nitro groups is 5. The van der Waals surface area contributed by atoms with E-state index in [1.807, 2.05) is 47.6 Å². The van der Waals surface area contributed by atoms with Crippen LogP contribution in [-0.4, -0.2) is 119 Å².